The second-order valence-electron chi connectivity index (χ2n) is 2.93. The van der Waals surface area contributed by atoms with Crippen molar-refractivity contribution in [2.45, 2.75) is 0 Å². The number of methoxy groups -OCH3 is 1. The largest absolute Gasteiger partial charge is 0.505 e. The summed E-state index contributed by atoms with van der Waals surface area (Å²) >= 11 is 0. The van der Waals surface area contributed by atoms with Crippen molar-refractivity contribution in [3.63, 3.8) is 0 Å². The first-order valence-electron chi connectivity index (χ1n) is 4.35. The zero-order chi connectivity index (χ0) is 11.4. The van der Waals surface area contributed by atoms with Gasteiger partial charge in [-0.3, -0.25) is 4.79 Å². The van der Waals surface area contributed by atoms with E-state index in [1.54, 1.807) is 7.05 Å². The summed E-state index contributed by atoms with van der Waals surface area (Å²) in [7, 11) is 2.91. The van der Waals surface area contributed by atoms with Crippen LogP contribution in [0.4, 0.5) is 4.39 Å². The molecule has 0 bridgehead atoms. The number of carbonyl (C=O) groups excluding carboxylic acids is 1. The highest BCUT2D eigenvalue weighted by Crippen LogP contribution is 2.28. The Labute approximate surface area is 86.7 Å². The van der Waals surface area contributed by atoms with Crippen molar-refractivity contribution in [3.05, 3.63) is 23.5 Å². The summed E-state index contributed by atoms with van der Waals surface area (Å²) < 4.78 is 18.3. The first kappa shape index (κ1) is 11.5. The topological polar surface area (TPSA) is 58.6 Å². The number of carbonyl (C=O) groups is 1. The fraction of sp³-hybridized carbons (Fsp3) is 0.300. The Morgan fingerprint density at radius 1 is 1.60 bits per heavy atom. The number of benzene rings is 1. The van der Waals surface area contributed by atoms with Gasteiger partial charge in [0.25, 0.3) is 0 Å². The number of hydrogen-bond acceptors (Lipinski definition) is 4. The summed E-state index contributed by atoms with van der Waals surface area (Å²) in [5.41, 5.74) is -0.230. The molecule has 0 aliphatic rings. The van der Waals surface area contributed by atoms with Crippen molar-refractivity contribution >= 4 is 5.78 Å². The van der Waals surface area contributed by atoms with E-state index in [2.05, 4.69) is 5.32 Å². The van der Waals surface area contributed by atoms with Crippen LogP contribution in [0, 0.1) is 5.82 Å². The molecule has 0 atom stereocenters. The van der Waals surface area contributed by atoms with E-state index in [4.69, 9.17) is 9.84 Å². The Morgan fingerprint density at radius 3 is 2.80 bits per heavy atom. The van der Waals surface area contributed by atoms with Crippen LogP contribution in [-0.2, 0) is 0 Å². The van der Waals surface area contributed by atoms with E-state index in [1.165, 1.54) is 13.2 Å². The van der Waals surface area contributed by atoms with Gasteiger partial charge in [-0.1, -0.05) is 0 Å². The van der Waals surface area contributed by atoms with E-state index in [0.717, 1.165) is 6.07 Å². The molecule has 0 aliphatic heterocycles. The Bertz CT molecular complexity index is 379. The van der Waals surface area contributed by atoms with Crippen LogP contribution in [0.1, 0.15) is 10.4 Å². The molecule has 0 aromatic heterocycles. The first-order chi connectivity index (χ1) is 7.11. The second kappa shape index (κ2) is 4.75. The van der Waals surface area contributed by atoms with Gasteiger partial charge in [0.05, 0.1) is 13.7 Å². The van der Waals surface area contributed by atoms with Gasteiger partial charge in [0.1, 0.15) is 11.3 Å². The number of aromatic hydroxyl groups is 1. The highest BCUT2D eigenvalue weighted by Gasteiger charge is 2.19. The zero-order valence-electron chi connectivity index (χ0n) is 8.50. The molecule has 1 aromatic carbocycles. The predicted molar refractivity (Wildman–Crippen MR) is 52.9 cm³/mol. The highest BCUT2D eigenvalue weighted by atomic mass is 19.1. The number of phenolic OH excluding ortho intramolecular Hbond substituents is 1. The predicted octanol–water partition coefficient (Wildman–Crippen LogP) is 0.942. The number of phenols is 1. The number of rotatable bonds is 4. The number of ketones is 1. The van der Waals surface area contributed by atoms with Gasteiger partial charge in [0.2, 0.25) is 0 Å². The number of ether oxygens (including phenoxy) is 1. The van der Waals surface area contributed by atoms with Crippen LogP contribution >= 0.6 is 0 Å². The van der Waals surface area contributed by atoms with Crippen LogP contribution in [0.5, 0.6) is 11.5 Å². The second-order valence-corrected chi connectivity index (χ2v) is 2.93. The molecule has 0 saturated heterocycles. The molecule has 15 heavy (non-hydrogen) atoms. The van der Waals surface area contributed by atoms with Crippen molar-refractivity contribution in [3.8, 4) is 11.5 Å². The van der Waals surface area contributed by atoms with Gasteiger partial charge >= 0.3 is 0 Å². The van der Waals surface area contributed by atoms with E-state index in [1.807, 2.05) is 0 Å². The Kier molecular flexibility index (Phi) is 3.62. The smallest absolute Gasteiger partial charge is 0.183 e. The molecule has 5 heteroatoms. The fourth-order valence-corrected chi connectivity index (χ4v) is 1.23. The average molecular weight is 213 g/mol. The van der Waals surface area contributed by atoms with E-state index in [9.17, 15) is 9.18 Å². The standard InChI is InChI=1S/C10H12FNO3/c1-12-5-7(14)9-8(15-2)4-3-6(13)10(9)11/h3-4,12-13H,5H2,1-2H3. The average Bonchev–Trinajstić information content (AvgIpc) is 2.22. The number of halogens is 1. The maximum atomic E-state index is 13.4. The van der Waals surface area contributed by atoms with Crippen molar-refractivity contribution in [1.82, 2.24) is 5.32 Å². The fourth-order valence-electron chi connectivity index (χ4n) is 1.23. The molecular formula is C10H12FNO3. The minimum absolute atomic E-state index is 0.0171. The van der Waals surface area contributed by atoms with Crippen LogP contribution in [0.25, 0.3) is 0 Å². The van der Waals surface area contributed by atoms with Crippen molar-refractivity contribution in [2.75, 3.05) is 20.7 Å². The lowest BCUT2D eigenvalue weighted by atomic mass is 10.1. The number of hydrogen-bond donors (Lipinski definition) is 2. The van der Waals surface area contributed by atoms with Crippen molar-refractivity contribution < 1.29 is 19.0 Å². The molecule has 4 nitrogen and oxygen atoms in total. The monoisotopic (exact) mass is 213 g/mol. The normalized spacial score (nSPS) is 10.1. The summed E-state index contributed by atoms with van der Waals surface area (Å²) in [6.07, 6.45) is 0. The van der Waals surface area contributed by atoms with Crippen LogP contribution in [0.3, 0.4) is 0 Å². The van der Waals surface area contributed by atoms with Gasteiger partial charge < -0.3 is 15.2 Å². The molecule has 0 heterocycles. The molecule has 0 spiro atoms. The summed E-state index contributed by atoms with van der Waals surface area (Å²) in [4.78, 5) is 11.5. The third-order valence-electron chi connectivity index (χ3n) is 1.92. The summed E-state index contributed by atoms with van der Waals surface area (Å²) in [6.45, 7) is -0.0171. The van der Waals surface area contributed by atoms with Crippen LogP contribution in [0.15, 0.2) is 12.1 Å². The Hall–Kier alpha value is -1.62. The molecule has 2 N–H and O–H groups in total. The molecule has 0 saturated carbocycles. The molecule has 0 unspecified atom stereocenters. The number of likely N-dealkylation sites (N-methyl/N-ethyl adjacent to an activating group) is 1. The van der Waals surface area contributed by atoms with Crippen LogP contribution in [-0.4, -0.2) is 31.6 Å². The van der Waals surface area contributed by atoms with E-state index in [0.29, 0.717) is 0 Å². The summed E-state index contributed by atoms with van der Waals surface area (Å²) in [6, 6.07) is 2.49. The molecule has 0 fully saturated rings. The third kappa shape index (κ3) is 2.24. The van der Waals surface area contributed by atoms with Crippen molar-refractivity contribution in [1.29, 1.82) is 0 Å². The Balaban J connectivity index is 3.23. The Morgan fingerprint density at radius 2 is 2.27 bits per heavy atom. The zero-order valence-corrected chi connectivity index (χ0v) is 8.50. The number of Topliss-reactive ketones (excluding diaryl/α,β-unsaturated/α-hetero) is 1. The van der Waals surface area contributed by atoms with Gasteiger partial charge in [-0.05, 0) is 19.2 Å². The van der Waals surface area contributed by atoms with Crippen LogP contribution < -0.4 is 10.1 Å². The molecule has 82 valence electrons. The lowest BCUT2D eigenvalue weighted by Crippen LogP contribution is -2.20. The molecule has 0 aliphatic carbocycles. The molecule has 0 amide bonds. The van der Waals surface area contributed by atoms with Crippen molar-refractivity contribution in [2.24, 2.45) is 0 Å². The minimum atomic E-state index is -0.949. The van der Waals surface area contributed by atoms with Gasteiger partial charge in [-0.25, -0.2) is 4.39 Å². The summed E-state index contributed by atoms with van der Waals surface area (Å²) in [5, 5.41) is 11.7. The lowest BCUT2D eigenvalue weighted by Gasteiger charge is -2.09. The van der Waals surface area contributed by atoms with Gasteiger partial charge in [0.15, 0.2) is 17.3 Å². The minimum Gasteiger partial charge on any atom is -0.505 e. The molecule has 1 rings (SSSR count). The maximum Gasteiger partial charge on any atom is 0.183 e. The lowest BCUT2D eigenvalue weighted by molar-refractivity contribution is 0.0985. The maximum absolute atomic E-state index is 13.4. The summed E-state index contributed by atoms with van der Waals surface area (Å²) in [5.74, 6) is -1.86. The van der Waals surface area contributed by atoms with Gasteiger partial charge in [-0.15, -0.1) is 0 Å². The van der Waals surface area contributed by atoms with Crippen LogP contribution in [0.2, 0.25) is 0 Å². The van der Waals surface area contributed by atoms with Gasteiger partial charge in [0, 0.05) is 0 Å². The third-order valence-corrected chi connectivity index (χ3v) is 1.92. The van der Waals surface area contributed by atoms with Gasteiger partial charge in [-0.2, -0.15) is 0 Å². The van der Waals surface area contributed by atoms with E-state index in [-0.39, 0.29) is 17.9 Å². The SMILES string of the molecule is CNCC(=O)c1c(OC)ccc(O)c1F. The highest BCUT2D eigenvalue weighted by molar-refractivity contribution is 6.00. The number of nitrogens with one attached hydrogen (secondary N) is 1. The molecular weight excluding hydrogens is 201 g/mol. The van der Waals surface area contributed by atoms with E-state index >= 15 is 0 Å². The quantitative estimate of drug-likeness (QED) is 0.731. The molecule has 0 radical (unpaired) electrons. The molecule has 1 aromatic rings. The first-order valence-corrected chi connectivity index (χ1v) is 4.35. The van der Waals surface area contributed by atoms with E-state index < -0.39 is 17.3 Å².